The fourth-order valence-electron chi connectivity index (χ4n) is 2.04. The normalized spacial score (nSPS) is 13.6. The van der Waals surface area contributed by atoms with Gasteiger partial charge in [0.2, 0.25) is 0 Å². The predicted octanol–water partition coefficient (Wildman–Crippen LogP) is 2.58. The van der Waals surface area contributed by atoms with Gasteiger partial charge >= 0.3 is 5.97 Å². The Labute approximate surface area is 132 Å². The van der Waals surface area contributed by atoms with E-state index in [1.165, 1.54) is 4.68 Å². The highest BCUT2D eigenvalue weighted by Crippen LogP contribution is 2.25. The summed E-state index contributed by atoms with van der Waals surface area (Å²) >= 11 is 6.01. The van der Waals surface area contributed by atoms with Gasteiger partial charge in [-0.1, -0.05) is 44.0 Å². The van der Waals surface area contributed by atoms with Crippen LogP contribution in [0, 0.1) is 5.92 Å². The lowest BCUT2D eigenvalue weighted by Crippen LogP contribution is -2.28. The van der Waals surface area contributed by atoms with E-state index in [0.717, 1.165) is 0 Å². The number of para-hydroxylation sites is 1. The summed E-state index contributed by atoms with van der Waals surface area (Å²) < 4.78 is 6.88. The van der Waals surface area contributed by atoms with Gasteiger partial charge in [-0.2, -0.15) is 0 Å². The molecule has 2 aromatic rings. The van der Waals surface area contributed by atoms with Crippen molar-refractivity contribution >= 4 is 17.6 Å². The maximum Gasteiger partial charge on any atom is 0.328 e. The molecule has 1 aromatic carbocycles. The Morgan fingerprint density at radius 3 is 2.82 bits per heavy atom. The van der Waals surface area contributed by atoms with Gasteiger partial charge in [0.15, 0.2) is 11.9 Å². The van der Waals surface area contributed by atoms with Crippen molar-refractivity contribution in [1.29, 1.82) is 0 Å². The second kappa shape index (κ2) is 7.22. The Bertz CT molecular complexity index is 647. The van der Waals surface area contributed by atoms with Gasteiger partial charge in [0, 0.05) is 0 Å². The molecule has 0 fully saturated rings. The SMILES string of the molecule is CCC(C)C(C(=O)O)n1nnnc1COc1ccccc1Cl. The zero-order valence-corrected chi connectivity index (χ0v) is 13.1. The summed E-state index contributed by atoms with van der Waals surface area (Å²) in [7, 11) is 0. The topological polar surface area (TPSA) is 90.1 Å². The van der Waals surface area contributed by atoms with E-state index in [-0.39, 0.29) is 12.5 Å². The molecule has 0 amide bonds. The third kappa shape index (κ3) is 3.54. The zero-order chi connectivity index (χ0) is 16.1. The largest absolute Gasteiger partial charge is 0.484 e. The molecule has 0 aliphatic rings. The van der Waals surface area contributed by atoms with Crippen LogP contribution in [-0.2, 0) is 11.4 Å². The second-order valence-corrected chi connectivity index (χ2v) is 5.33. The number of hydrogen-bond acceptors (Lipinski definition) is 5. The molecule has 1 heterocycles. The maximum atomic E-state index is 11.5. The van der Waals surface area contributed by atoms with E-state index < -0.39 is 12.0 Å². The van der Waals surface area contributed by atoms with Crippen molar-refractivity contribution in [3.8, 4) is 5.75 Å². The average molecular weight is 325 g/mol. The molecule has 0 bridgehead atoms. The lowest BCUT2D eigenvalue weighted by Gasteiger charge is -2.19. The summed E-state index contributed by atoms with van der Waals surface area (Å²) in [6.07, 6.45) is 0.696. The number of carbonyl (C=O) groups is 1. The molecule has 22 heavy (non-hydrogen) atoms. The molecule has 1 aromatic heterocycles. The quantitative estimate of drug-likeness (QED) is 0.841. The number of carboxylic acids is 1. The lowest BCUT2D eigenvalue weighted by molar-refractivity contribution is -0.143. The minimum Gasteiger partial charge on any atom is -0.484 e. The molecular weight excluding hydrogens is 308 g/mol. The first-order valence-corrected chi connectivity index (χ1v) is 7.29. The molecule has 2 rings (SSSR count). The molecule has 0 aliphatic carbocycles. The van der Waals surface area contributed by atoms with Crippen molar-refractivity contribution in [1.82, 2.24) is 20.2 Å². The number of aromatic nitrogens is 4. The summed E-state index contributed by atoms with van der Waals surface area (Å²) in [5.74, 6) is -0.248. The monoisotopic (exact) mass is 324 g/mol. The van der Waals surface area contributed by atoms with Crippen LogP contribution in [0.15, 0.2) is 24.3 Å². The number of hydrogen-bond donors (Lipinski definition) is 1. The highest BCUT2D eigenvalue weighted by molar-refractivity contribution is 6.32. The summed E-state index contributed by atoms with van der Waals surface area (Å²) in [5, 5.41) is 21.1. The van der Waals surface area contributed by atoms with Crippen molar-refractivity contribution in [2.45, 2.75) is 32.9 Å². The van der Waals surface area contributed by atoms with Gasteiger partial charge in [-0.25, -0.2) is 9.48 Å². The van der Waals surface area contributed by atoms with Gasteiger partial charge < -0.3 is 9.84 Å². The Morgan fingerprint density at radius 2 is 2.18 bits per heavy atom. The summed E-state index contributed by atoms with van der Waals surface area (Å²) in [6.45, 7) is 3.81. The molecular formula is C14H17ClN4O3. The Kier molecular flexibility index (Phi) is 5.32. The van der Waals surface area contributed by atoms with Crippen LogP contribution in [0.3, 0.4) is 0 Å². The standard InChI is InChI=1S/C14H17ClN4O3/c1-3-9(2)13(14(20)21)19-12(16-17-18-19)8-22-11-7-5-4-6-10(11)15/h4-7,9,13H,3,8H2,1-2H3,(H,20,21). The highest BCUT2D eigenvalue weighted by atomic mass is 35.5. The highest BCUT2D eigenvalue weighted by Gasteiger charge is 2.29. The molecule has 0 aliphatic heterocycles. The lowest BCUT2D eigenvalue weighted by atomic mass is 9.99. The summed E-state index contributed by atoms with van der Waals surface area (Å²) in [4.78, 5) is 11.5. The number of rotatable bonds is 7. The van der Waals surface area contributed by atoms with Gasteiger partial charge in [0.25, 0.3) is 0 Å². The fraction of sp³-hybridized carbons (Fsp3) is 0.429. The van der Waals surface area contributed by atoms with Crippen LogP contribution in [0.1, 0.15) is 32.1 Å². The summed E-state index contributed by atoms with van der Waals surface area (Å²) in [5.41, 5.74) is 0. The van der Waals surface area contributed by atoms with Crippen molar-refractivity contribution in [3.63, 3.8) is 0 Å². The van der Waals surface area contributed by atoms with Crippen molar-refractivity contribution in [2.24, 2.45) is 5.92 Å². The van der Waals surface area contributed by atoms with E-state index >= 15 is 0 Å². The number of carboxylic acid groups (broad SMARTS) is 1. The molecule has 1 N–H and O–H groups in total. The third-order valence-corrected chi connectivity index (χ3v) is 3.77. The molecule has 0 radical (unpaired) electrons. The van der Waals surface area contributed by atoms with Crippen molar-refractivity contribution < 1.29 is 14.6 Å². The van der Waals surface area contributed by atoms with Crippen molar-refractivity contribution in [3.05, 3.63) is 35.1 Å². The third-order valence-electron chi connectivity index (χ3n) is 3.45. The van der Waals surface area contributed by atoms with Gasteiger partial charge in [0.1, 0.15) is 12.4 Å². The Morgan fingerprint density at radius 1 is 1.45 bits per heavy atom. The van der Waals surface area contributed by atoms with E-state index in [4.69, 9.17) is 16.3 Å². The minimum absolute atomic E-state index is 0.0386. The second-order valence-electron chi connectivity index (χ2n) is 4.93. The van der Waals surface area contributed by atoms with Gasteiger partial charge in [-0.3, -0.25) is 0 Å². The average Bonchev–Trinajstić information content (AvgIpc) is 2.94. The molecule has 2 atom stereocenters. The number of ether oxygens (including phenoxy) is 1. The van der Waals surface area contributed by atoms with Crippen LogP contribution in [-0.4, -0.2) is 31.3 Å². The molecule has 2 unspecified atom stereocenters. The zero-order valence-electron chi connectivity index (χ0n) is 12.3. The molecule has 0 saturated heterocycles. The number of aliphatic carboxylic acids is 1. The number of tetrazole rings is 1. The van der Waals surface area contributed by atoms with Gasteiger partial charge in [-0.05, 0) is 28.5 Å². The maximum absolute atomic E-state index is 11.5. The van der Waals surface area contributed by atoms with Gasteiger partial charge in [0.05, 0.1) is 5.02 Å². The van der Waals surface area contributed by atoms with Crippen LogP contribution >= 0.6 is 11.6 Å². The Balaban J connectivity index is 2.18. The van der Waals surface area contributed by atoms with Crippen LogP contribution in [0.5, 0.6) is 5.75 Å². The molecule has 118 valence electrons. The van der Waals surface area contributed by atoms with Gasteiger partial charge in [-0.15, -0.1) is 5.10 Å². The number of benzene rings is 1. The first kappa shape index (κ1) is 16.2. The number of halogens is 1. The summed E-state index contributed by atoms with van der Waals surface area (Å²) in [6, 6.07) is 6.19. The minimum atomic E-state index is -0.972. The van der Waals surface area contributed by atoms with Crippen LogP contribution < -0.4 is 4.74 Å². The van der Waals surface area contributed by atoms with E-state index in [0.29, 0.717) is 23.0 Å². The first-order chi connectivity index (χ1) is 10.5. The first-order valence-electron chi connectivity index (χ1n) is 6.91. The van der Waals surface area contributed by atoms with Crippen LogP contribution in [0.25, 0.3) is 0 Å². The number of nitrogens with zero attached hydrogens (tertiary/aromatic N) is 4. The van der Waals surface area contributed by atoms with Crippen LogP contribution in [0.2, 0.25) is 5.02 Å². The fourth-order valence-corrected chi connectivity index (χ4v) is 2.23. The molecule has 8 heteroatoms. The van der Waals surface area contributed by atoms with Crippen LogP contribution in [0.4, 0.5) is 0 Å². The Hall–Kier alpha value is -2.15. The molecule has 7 nitrogen and oxygen atoms in total. The predicted molar refractivity (Wildman–Crippen MR) is 79.7 cm³/mol. The van der Waals surface area contributed by atoms with Crippen molar-refractivity contribution in [2.75, 3.05) is 0 Å². The van der Waals surface area contributed by atoms with E-state index in [1.54, 1.807) is 24.3 Å². The smallest absolute Gasteiger partial charge is 0.328 e. The van der Waals surface area contributed by atoms with E-state index in [1.807, 2.05) is 13.8 Å². The molecule has 0 spiro atoms. The van der Waals surface area contributed by atoms with E-state index in [9.17, 15) is 9.90 Å². The van der Waals surface area contributed by atoms with E-state index in [2.05, 4.69) is 15.5 Å². The molecule has 0 saturated carbocycles.